The first-order valence-corrected chi connectivity index (χ1v) is 16.3. The van der Waals surface area contributed by atoms with Gasteiger partial charge in [-0.2, -0.15) is 16.8 Å². The summed E-state index contributed by atoms with van der Waals surface area (Å²) in [7, 11) is -8.47. The summed E-state index contributed by atoms with van der Waals surface area (Å²) in [4.78, 5) is 24.6. The first-order chi connectivity index (χ1) is 22.2. The van der Waals surface area contributed by atoms with E-state index in [1.165, 1.54) is 36.4 Å². The van der Waals surface area contributed by atoms with Crippen molar-refractivity contribution in [2.75, 3.05) is 21.3 Å². The molecule has 0 aliphatic heterocycles. The van der Waals surface area contributed by atoms with E-state index in [0.29, 0.717) is 17.8 Å². The SMILES string of the molecule is NC(N)=NS(=O)(=O)c1ccccc1NC(=O)Nc1ccc(Cc2ccc(NC(=O)Nc3ccccc3S(=O)(=O)N=C(N)N)cc2)cc1. The number of anilines is 4. The van der Waals surface area contributed by atoms with Crippen molar-refractivity contribution >= 4 is 66.8 Å². The highest BCUT2D eigenvalue weighted by molar-refractivity contribution is 7.90. The topological polar surface area (TPSA) is 279 Å². The maximum absolute atomic E-state index is 12.6. The quantitative estimate of drug-likeness (QED) is 0.0896. The number of sulfonamides is 2. The van der Waals surface area contributed by atoms with Crippen molar-refractivity contribution < 1.29 is 26.4 Å². The number of hydrogen-bond acceptors (Lipinski definition) is 6. The summed E-state index contributed by atoms with van der Waals surface area (Å²) in [6.07, 6.45) is 0.533. The zero-order chi connectivity index (χ0) is 34.2. The number of benzene rings is 4. The summed E-state index contributed by atoms with van der Waals surface area (Å²) >= 11 is 0. The molecule has 0 atom stereocenters. The molecule has 4 aromatic carbocycles. The molecule has 18 heteroatoms. The van der Waals surface area contributed by atoms with E-state index in [0.717, 1.165) is 11.1 Å². The van der Waals surface area contributed by atoms with Crippen LogP contribution in [0.5, 0.6) is 0 Å². The molecule has 0 aliphatic carbocycles. The van der Waals surface area contributed by atoms with Crippen LogP contribution in [-0.2, 0) is 26.5 Å². The van der Waals surface area contributed by atoms with E-state index in [-0.39, 0.29) is 21.2 Å². The van der Waals surface area contributed by atoms with Gasteiger partial charge in [-0.1, -0.05) is 48.5 Å². The lowest BCUT2D eigenvalue weighted by Gasteiger charge is -2.12. The van der Waals surface area contributed by atoms with E-state index in [1.807, 2.05) is 0 Å². The Morgan fingerprint density at radius 3 is 1.19 bits per heavy atom. The first kappa shape index (κ1) is 33.7. The molecule has 0 aromatic heterocycles. The van der Waals surface area contributed by atoms with E-state index in [9.17, 15) is 26.4 Å². The fourth-order valence-electron chi connectivity index (χ4n) is 4.18. The predicted molar refractivity (Wildman–Crippen MR) is 180 cm³/mol. The minimum absolute atomic E-state index is 0.0114. The zero-order valence-corrected chi connectivity index (χ0v) is 26.0. The molecule has 0 radical (unpaired) electrons. The van der Waals surface area contributed by atoms with Crippen molar-refractivity contribution in [1.29, 1.82) is 0 Å². The van der Waals surface area contributed by atoms with E-state index in [1.54, 1.807) is 60.7 Å². The molecule has 4 rings (SSSR count). The lowest BCUT2D eigenvalue weighted by atomic mass is 10.0. The molecule has 4 aromatic rings. The van der Waals surface area contributed by atoms with Crippen LogP contribution in [0.15, 0.2) is 116 Å². The number of para-hydroxylation sites is 2. The Labute approximate surface area is 270 Å². The van der Waals surface area contributed by atoms with Crippen LogP contribution in [0.3, 0.4) is 0 Å². The lowest BCUT2D eigenvalue weighted by molar-refractivity contribution is 0.261. The molecule has 0 bridgehead atoms. The van der Waals surface area contributed by atoms with E-state index in [4.69, 9.17) is 22.9 Å². The molecule has 0 aliphatic rings. The van der Waals surface area contributed by atoms with Gasteiger partial charge in [0.1, 0.15) is 9.79 Å². The van der Waals surface area contributed by atoms with Gasteiger partial charge in [-0.25, -0.2) is 9.59 Å². The second-order valence-electron chi connectivity index (χ2n) is 9.70. The van der Waals surface area contributed by atoms with Gasteiger partial charge in [0.15, 0.2) is 0 Å². The molecule has 12 N–H and O–H groups in total. The van der Waals surface area contributed by atoms with Crippen molar-refractivity contribution in [1.82, 2.24) is 0 Å². The Balaban J connectivity index is 1.34. The molecular formula is C29H30N10O6S2. The standard InChI is InChI=1S/C29H30N10O6S2/c30-26(31)38-46(42,43)24-7-3-1-5-22(24)36-28(40)34-20-13-9-18(10-14-20)17-19-11-15-21(16-12-19)35-29(41)37-23-6-2-4-8-25(23)47(44,45)39-27(32)33/h1-16H,17H2,(H4,30,31,38)(H4,32,33,39)(H2,34,36,40)(H2,35,37,41). The van der Waals surface area contributed by atoms with Crippen molar-refractivity contribution in [2.24, 2.45) is 31.7 Å². The minimum atomic E-state index is -4.23. The third-order valence-corrected chi connectivity index (χ3v) is 8.84. The van der Waals surface area contributed by atoms with Crippen molar-refractivity contribution in [3.8, 4) is 0 Å². The van der Waals surface area contributed by atoms with Gasteiger partial charge in [0.2, 0.25) is 11.9 Å². The van der Waals surface area contributed by atoms with Crippen LogP contribution in [0.25, 0.3) is 0 Å². The van der Waals surface area contributed by atoms with Crippen molar-refractivity contribution in [3.05, 3.63) is 108 Å². The Morgan fingerprint density at radius 2 is 0.851 bits per heavy atom. The molecule has 47 heavy (non-hydrogen) atoms. The summed E-state index contributed by atoms with van der Waals surface area (Å²) in [6.45, 7) is 0. The molecule has 0 heterocycles. The van der Waals surface area contributed by atoms with Gasteiger partial charge in [0.05, 0.1) is 11.4 Å². The number of nitrogens with one attached hydrogen (secondary N) is 4. The summed E-state index contributed by atoms with van der Waals surface area (Å²) in [5.41, 5.74) is 23.6. The van der Waals surface area contributed by atoms with E-state index < -0.39 is 44.0 Å². The molecule has 0 saturated heterocycles. The monoisotopic (exact) mass is 678 g/mol. The zero-order valence-electron chi connectivity index (χ0n) is 24.4. The Kier molecular flexibility index (Phi) is 10.3. The minimum Gasteiger partial charge on any atom is -0.369 e. The van der Waals surface area contributed by atoms with Gasteiger partial charge < -0.3 is 44.2 Å². The summed E-state index contributed by atoms with van der Waals surface area (Å²) in [5.74, 6) is -1.28. The summed E-state index contributed by atoms with van der Waals surface area (Å²) in [5, 5.41) is 10.2. The molecule has 244 valence electrons. The van der Waals surface area contributed by atoms with E-state index in [2.05, 4.69) is 30.1 Å². The second kappa shape index (κ2) is 14.3. The van der Waals surface area contributed by atoms with Crippen LogP contribution in [0.4, 0.5) is 32.3 Å². The van der Waals surface area contributed by atoms with Crippen LogP contribution in [-0.4, -0.2) is 40.8 Å². The van der Waals surface area contributed by atoms with E-state index >= 15 is 0 Å². The molecule has 4 amide bonds. The Hall–Kier alpha value is -6.14. The number of amides is 4. The highest BCUT2D eigenvalue weighted by Crippen LogP contribution is 2.25. The number of nitrogens with two attached hydrogens (primary N) is 4. The number of urea groups is 2. The first-order valence-electron chi connectivity index (χ1n) is 13.5. The number of carbonyl (C=O) groups excluding carboxylic acids is 2. The normalized spacial score (nSPS) is 11.1. The highest BCUT2D eigenvalue weighted by Gasteiger charge is 2.20. The summed E-state index contributed by atoms with van der Waals surface area (Å²) < 4.78 is 56.2. The number of nitrogens with zero attached hydrogens (tertiary/aromatic N) is 2. The third-order valence-electron chi connectivity index (χ3n) is 6.11. The molecule has 0 saturated carbocycles. The smallest absolute Gasteiger partial charge is 0.323 e. The molecule has 0 fully saturated rings. The molecular weight excluding hydrogens is 649 g/mol. The number of hydrogen-bond donors (Lipinski definition) is 8. The fourth-order valence-corrected chi connectivity index (χ4v) is 6.23. The number of carbonyl (C=O) groups is 2. The van der Waals surface area contributed by atoms with Crippen LogP contribution in [0, 0.1) is 0 Å². The van der Waals surface area contributed by atoms with Gasteiger partial charge in [0, 0.05) is 11.4 Å². The van der Waals surface area contributed by atoms with Crippen molar-refractivity contribution in [3.63, 3.8) is 0 Å². The fraction of sp³-hybridized carbons (Fsp3) is 0.0345. The van der Waals surface area contributed by atoms with Gasteiger partial charge >= 0.3 is 12.1 Å². The van der Waals surface area contributed by atoms with Gasteiger partial charge in [-0.15, -0.1) is 8.80 Å². The van der Waals surface area contributed by atoms with Gasteiger partial charge in [-0.3, -0.25) is 0 Å². The van der Waals surface area contributed by atoms with Crippen molar-refractivity contribution in [2.45, 2.75) is 16.2 Å². The average molecular weight is 679 g/mol. The van der Waals surface area contributed by atoms with Crippen LogP contribution in [0.1, 0.15) is 11.1 Å². The largest absolute Gasteiger partial charge is 0.369 e. The van der Waals surface area contributed by atoms with Crippen LogP contribution in [0.2, 0.25) is 0 Å². The Morgan fingerprint density at radius 1 is 0.511 bits per heavy atom. The number of guanidine groups is 2. The lowest BCUT2D eigenvalue weighted by Crippen LogP contribution is -2.25. The van der Waals surface area contributed by atoms with Crippen LogP contribution >= 0.6 is 0 Å². The number of rotatable bonds is 10. The van der Waals surface area contributed by atoms with Gasteiger partial charge in [-0.05, 0) is 66.1 Å². The highest BCUT2D eigenvalue weighted by atomic mass is 32.2. The molecule has 0 unspecified atom stereocenters. The average Bonchev–Trinajstić information content (AvgIpc) is 2.98. The van der Waals surface area contributed by atoms with Crippen LogP contribution < -0.4 is 44.2 Å². The molecule has 0 spiro atoms. The summed E-state index contributed by atoms with van der Waals surface area (Å²) in [6, 6.07) is 23.9. The third kappa shape index (κ3) is 9.42. The predicted octanol–water partition coefficient (Wildman–Crippen LogP) is 2.49. The maximum Gasteiger partial charge on any atom is 0.323 e. The second-order valence-corrected chi connectivity index (χ2v) is 12.8. The maximum atomic E-state index is 12.6. The van der Waals surface area contributed by atoms with Gasteiger partial charge in [0.25, 0.3) is 20.0 Å². The Bertz CT molecular complexity index is 1910. The molecule has 16 nitrogen and oxygen atoms in total.